The lowest BCUT2D eigenvalue weighted by molar-refractivity contribution is 0.0946. The van der Waals surface area contributed by atoms with Crippen LogP contribution in [0.2, 0.25) is 0 Å². The van der Waals surface area contributed by atoms with Gasteiger partial charge >= 0.3 is 0 Å². The lowest BCUT2D eigenvalue weighted by Gasteiger charge is -2.21. The van der Waals surface area contributed by atoms with Gasteiger partial charge in [0, 0.05) is 18.9 Å². The van der Waals surface area contributed by atoms with Crippen LogP contribution in [0.4, 0.5) is 4.39 Å². The number of para-hydroxylation sites is 1. The molecule has 0 radical (unpaired) electrons. The second-order valence-corrected chi connectivity index (χ2v) is 9.96. The van der Waals surface area contributed by atoms with Crippen LogP contribution >= 0.6 is 0 Å². The molecule has 2 atom stereocenters. The molecule has 182 valence electrons. The second-order valence-electron chi connectivity index (χ2n) is 7.60. The second kappa shape index (κ2) is 10.2. The van der Waals surface area contributed by atoms with Crippen molar-refractivity contribution in [3.63, 3.8) is 0 Å². The highest BCUT2D eigenvalue weighted by Gasteiger charge is 2.34. The van der Waals surface area contributed by atoms with Crippen molar-refractivity contribution in [1.82, 2.24) is 29.7 Å². The van der Waals surface area contributed by atoms with E-state index in [-0.39, 0.29) is 11.6 Å². The largest absolute Gasteiger partial charge is 0.481 e. The lowest BCUT2D eigenvalue weighted by atomic mass is 10.2. The van der Waals surface area contributed by atoms with Gasteiger partial charge in [-0.1, -0.05) is 24.3 Å². The van der Waals surface area contributed by atoms with Gasteiger partial charge in [-0.05, 0) is 25.1 Å². The van der Waals surface area contributed by atoms with Crippen molar-refractivity contribution in [1.29, 1.82) is 0 Å². The fourth-order valence-electron chi connectivity index (χ4n) is 3.55. The van der Waals surface area contributed by atoms with E-state index in [1.54, 1.807) is 22.8 Å². The first-order chi connectivity index (χ1) is 16.8. The Bertz CT molecular complexity index is 1400. The van der Waals surface area contributed by atoms with Crippen molar-refractivity contribution in [2.75, 3.05) is 14.2 Å². The predicted molar refractivity (Wildman–Crippen MR) is 125 cm³/mol. The molecule has 0 aliphatic carbocycles. The molecule has 3 heterocycles. The van der Waals surface area contributed by atoms with E-state index in [1.165, 1.54) is 21.1 Å². The third kappa shape index (κ3) is 5.17. The summed E-state index contributed by atoms with van der Waals surface area (Å²) in [5, 5.41) is 7.38. The molecule has 4 rings (SSSR count). The topological polar surface area (TPSA) is 122 Å². The first kappa shape index (κ1) is 24.4. The molecule has 0 amide bonds. The number of nitrogens with zero attached hydrogens (tertiary/aromatic N) is 6. The number of aromatic nitrogens is 6. The summed E-state index contributed by atoms with van der Waals surface area (Å²) in [4.78, 5) is 12.2. The molecule has 0 spiro atoms. The number of halogens is 1. The van der Waals surface area contributed by atoms with Crippen molar-refractivity contribution in [2.45, 2.75) is 24.0 Å². The zero-order chi connectivity index (χ0) is 25.0. The summed E-state index contributed by atoms with van der Waals surface area (Å²) < 4.78 is 52.4. The number of ether oxygens (including phenoxy) is 2. The molecule has 0 unspecified atom stereocenters. The van der Waals surface area contributed by atoms with E-state index in [9.17, 15) is 12.8 Å². The lowest BCUT2D eigenvalue weighted by Crippen LogP contribution is -2.30. The highest BCUT2D eigenvalue weighted by molar-refractivity contribution is 7.91. The molecule has 1 aromatic carbocycles. The Labute approximate surface area is 201 Å². The summed E-state index contributed by atoms with van der Waals surface area (Å²) in [5.74, 6) is -0.0727. The minimum absolute atomic E-state index is 0.0655. The maximum Gasteiger partial charge on any atom is 0.213 e. The molecule has 4 aromatic rings. The number of hydrogen-bond donors (Lipinski definition) is 0. The van der Waals surface area contributed by atoms with Crippen molar-refractivity contribution >= 4 is 9.84 Å². The first-order valence-electron chi connectivity index (χ1n) is 10.6. The summed E-state index contributed by atoms with van der Waals surface area (Å²) in [5.41, 5.74) is 1.13. The van der Waals surface area contributed by atoms with Crippen molar-refractivity contribution in [3.05, 3.63) is 78.4 Å². The molecule has 0 saturated carbocycles. The van der Waals surface area contributed by atoms with Gasteiger partial charge in [0.25, 0.3) is 0 Å². The van der Waals surface area contributed by atoms with E-state index >= 15 is 0 Å². The molecule has 0 aliphatic rings. The third-order valence-corrected chi connectivity index (χ3v) is 7.42. The van der Waals surface area contributed by atoms with Crippen LogP contribution in [0.15, 0.2) is 60.9 Å². The normalized spacial score (nSPS) is 13.4. The van der Waals surface area contributed by atoms with Gasteiger partial charge in [-0.3, -0.25) is 4.57 Å². The van der Waals surface area contributed by atoms with Gasteiger partial charge in [0.05, 0.1) is 24.8 Å². The highest BCUT2D eigenvalue weighted by Crippen LogP contribution is 2.28. The Morgan fingerprint density at radius 2 is 1.71 bits per heavy atom. The van der Waals surface area contributed by atoms with Crippen LogP contribution in [0, 0.1) is 5.82 Å². The summed E-state index contributed by atoms with van der Waals surface area (Å²) in [6, 6.07) is 14.3. The molecule has 0 fully saturated rings. The molecule has 0 aliphatic heterocycles. The van der Waals surface area contributed by atoms with Crippen LogP contribution in [0.5, 0.6) is 5.88 Å². The Hall–Kier alpha value is -3.77. The standard InChI is InChI=1S/C23H23FN6O4S/c1-15(21(34-3)22-25-12-16(24)13-26-22)35(31,32)14-19-28-29-23(18-10-7-11-20(27-18)33-2)30(19)17-8-5-4-6-9-17/h4-13,15,21H,14H2,1-3H3/t15-,21-/m0/s1. The van der Waals surface area contributed by atoms with E-state index in [0.717, 1.165) is 12.4 Å². The molecule has 0 bridgehead atoms. The highest BCUT2D eigenvalue weighted by atomic mass is 32.2. The summed E-state index contributed by atoms with van der Waals surface area (Å²) in [6.07, 6.45) is 0.925. The Kier molecular flexibility index (Phi) is 7.12. The smallest absolute Gasteiger partial charge is 0.213 e. The van der Waals surface area contributed by atoms with E-state index in [2.05, 4.69) is 25.1 Å². The first-order valence-corrected chi connectivity index (χ1v) is 12.3. The van der Waals surface area contributed by atoms with Crippen molar-refractivity contribution < 1.29 is 22.3 Å². The third-order valence-electron chi connectivity index (χ3n) is 5.38. The van der Waals surface area contributed by atoms with Crippen LogP contribution in [0.1, 0.15) is 24.7 Å². The SMILES string of the molecule is COc1cccc(-c2nnc(CS(=O)(=O)[C@@H](C)[C@H](OC)c3ncc(F)cn3)n2-c2ccccc2)n1. The molecular weight excluding hydrogens is 475 g/mol. The van der Waals surface area contributed by atoms with Crippen LogP contribution in [-0.2, 0) is 20.3 Å². The van der Waals surface area contributed by atoms with E-state index < -0.39 is 32.8 Å². The van der Waals surface area contributed by atoms with Crippen molar-refractivity contribution in [3.8, 4) is 23.1 Å². The molecule has 35 heavy (non-hydrogen) atoms. The molecule has 3 aromatic heterocycles. The van der Waals surface area contributed by atoms with Gasteiger partial charge in [0.15, 0.2) is 33.1 Å². The van der Waals surface area contributed by atoms with Gasteiger partial charge in [0.1, 0.15) is 17.6 Å². The number of methoxy groups -OCH3 is 2. The fraction of sp³-hybridized carbons (Fsp3) is 0.261. The average Bonchev–Trinajstić information content (AvgIpc) is 3.29. The van der Waals surface area contributed by atoms with Crippen LogP contribution in [0.3, 0.4) is 0 Å². The number of hydrogen-bond acceptors (Lipinski definition) is 9. The fourth-order valence-corrected chi connectivity index (χ4v) is 4.97. The Morgan fingerprint density at radius 1 is 1.00 bits per heavy atom. The minimum atomic E-state index is -3.86. The molecule has 0 N–H and O–H groups in total. The van der Waals surface area contributed by atoms with Gasteiger partial charge in [-0.25, -0.2) is 27.8 Å². The predicted octanol–water partition coefficient (Wildman–Crippen LogP) is 2.96. The molecule has 12 heteroatoms. The number of sulfone groups is 1. The van der Waals surface area contributed by atoms with Gasteiger partial charge in [-0.15, -0.1) is 10.2 Å². The van der Waals surface area contributed by atoms with E-state index in [4.69, 9.17) is 9.47 Å². The summed E-state index contributed by atoms with van der Waals surface area (Å²) >= 11 is 0. The maximum atomic E-state index is 13.4. The van der Waals surface area contributed by atoms with Crippen molar-refractivity contribution in [2.24, 2.45) is 0 Å². The number of benzene rings is 1. The average molecular weight is 499 g/mol. The van der Waals surface area contributed by atoms with Crippen LogP contribution in [-0.4, -0.2) is 57.6 Å². The van der Waals surface area contributed by atoms with Crippen LogP contribution in [0.25, 0.3) is 17.2 Å². The Balaban J connectivity index is 1.74. The quantitative estimate of drug-likeness (QED) is 0.343. The summed E-state index contributed by atoms with van der Waals surface area (Å²) in [6.45, 7) is 1.49. The van der Waals surface area contributed by atoms with E-state index in [0.29, 0.717) is 23.1 Å². The summed E-state index contributed by atoms with van der Waals surface area (Å²) in [7, 11) is -1.01. The maximum absolute atomic E-state index is 13.4. The molecular formula is C23H23FN6O4S. The zero-order valence-electron chi connectivity index (χ0n) is 19.2. The monoisotopic (exact) mass is 498 g/mol. The number of pyridine rings is 1. The van der Waals surface area contributed by atoms with Gasteiger partial charge < -0.3 is 9.47 Å². The van der Waals surface area contributed by atoms with Gasteiger partial charge in [0.2, 0.25) is 5.88 Å². The van der Waals surface area contributed by atoms with Crippen LogP contribution < -0.4 is 4.74 Å². The Morgan fingerprint density at radius 3 is 2.37 bits per heavy atom. The van der Waals surface area contributed by atoms with E-state index in [1.807, 2.05) is 30.3 Å². The minimum Gasteiger partial charge on any atom is -0.481 e. The molecule has 0 saturated heterocycles. The zero-order valence-corrected chi connectivity index (χ0v) is 20.1. The van der Waals surface area contributed by atoms with Gasteiger partial charge in [-0.2, -0.15) is 0 Å². The molecule has 10 nitrogen and oxygen atoms in total. The number of rotatable bonds is 9.